The summed E-state index contributed by atoms with van der Waals surface area (Å²) in [6.45, 7) is 1.65. The van der Waals surface area contributed by atoms with Crippen LogP contribution in [0.15, 0.2) is 16.6 Å². The Morgan fingerprint density at radius 2 is 2.00 bits per heavy atom. The van der Waals surface area contributed by atoms with Crippen molar-refractivity contribution in [3.63, 3.8) is 0 Å². The molecule has 0 radical (unpaired) electrons. The Morgan fingerprint density at radius 1 is 1.25 bits per heavy atom. The van der Waals surface area contributed by atoms with E-state index in [1.807, 2.05) is 7.05 Å². The maximum atomic E-state index is 6.02. The highest BCUT2D eigenvalue weighted by molar-refractivity contribution is 9.10. The van der Waals surface area contributed by atoms with Crippen LogP contribution in [0.5, 0.6) is 5.75 Å². The van der Waals surface area contributed by atoms with Gasteiger partial charge in [0.15, 0.2) is 0 Å². The molecule has 1 aromatic carbocycles. The van der Waals surface area contributed by atoms with Crippen molar-refractivity contribution < 1.29 is 4.74 Å². The minimum absolute atomic E-state index is 0.574. The lowest BCUT2D eigenvalue weighted by Gasteiger charge is -2.09. The lowest BCUT2D eigenvalue weighted by Crippen LogP contribution is -2.09. The van der Waals surface area contributed by atoms with Crippen molar-refractivity contribution in [2.75, 3.05) is 20.2 Å². The number of halogens is 3. The van der Waals surface area contributed by atoms with Gasteiger partial charge in [0.1, 0.15) is 5.75 Å². The van der Waals surface area contributed by atoms with Crippen molar-refractivity contribution in [2.24, 2.45) is 0 Å². The molecule has 5 heteroatoms. The highest BCUT2D eigenvalue weighted by atomic mass is 79.9. The van der Waals surface area contributed by atoms with Gasteiger partial charge in [-0.05, 0) is 48.4 Å². The van der Waals surface area contributed by atoms with Crippen LogP contribution >= 0.6 is 39.1 Å². The molecule has 2 nitrogen and oxygen atoms in total. The number of unbranched alkanes of at least 4 members (excludes halogenated alkanes) is 1. The number of ether oxygens (including phenoxy) is 1. The van der Waals surface area contributed by atoms with E-state index < -0.39 is 0 Å². The average molecular weight is 327 g/mol. The third-order valence-corrected chi connectivity index (χ3v) is 3.55. The van der Waals surface area contributed by atoms with Gasteiger partial charge in [0.25, 0.3) is 0 Å². The third kappa shape index (κ3) is 4.50. The molecule has 0 amide bonds. The van der Waals surface area contributed by atoms with Crippen LogP contribution in [0, 0.1) is 0 Å². The third-order valence-electron chi connectivity index (χ3n) is 2.05. The number of nitrogens with one attached hydrogen (secondary N) is 1. The van der Waals surface area contributed by atoms with Crippen LogP contribution < -0.4 is 10.1 Å². The molecule has 0 aliphatic heterocycles. The predicted molar refractivity (Wildman–Crippen MR) is 72.8 cm³/mol. The first-order chi connectivity index (χ1) is 7.65. The Morgan fingerprint density at radius 3 is 2.69 bits per heavy atom. The second-order valence-corrected chi connectivity index (χ2v) is 5.02. The van der Waals surface area contributed by atoms with E-state index in [-0.39, 0.29) is 0 Å². The van der Waals surface area contributed by atoms with Gasteiger partial charge in [-0.1, -0.05) is 23.2 Å². The summed E-state index contributed by atoms with van der Waals surface area (Å²) in [4.78, 5) is 0. The summed E-state index contributed by atoms with van der Waals surface area (Å²) >= 11 is 15.3. The zero-order valence-corrected chi connectivity index (χ0v) is 12.1. The summed E-state index contributed by atoms with van der Waals surface area (Å²) in [5.41, 5.74) is 0. The molecule has 90 valence electrons. The molecule has 0 fully saturated rings. The number of rotatable bonds is 6. The zero-order valence-electron chi connectivity index (χ0n) is 9.03. The van der Waals surface area contributed by atoms with Crippen LogP contribution in [0.25, 0.3) is 0 Å². The molecule has 0 spiro atoms. The molecule has 0 aliphatic carbocycles. The van der Waals surface area contributed by atoms with E-state index in [0.29, 0.717) is 22.4 Å². The molecule has 1 N–H and O–H groups in total. The normalized spacial score (nSPS) is 10.5. The van der Waals surface area contributed by atoms with Gasteiger partial charge in [0.2, 0.25) is 0 Å². The molecule has 0 saturated carbocycles. The fraction of sp³-hybridized carbons (Fsp3) is 0.455. The van der Waals surface area contributed by atoms with Crippen LogP contribution in [0.2, 0.25) is 10.0 Å². The molecule has 0 bridgehead atoms. The summed E-state index contributed by atoms with van der Waals surface area (Å²) in [6, 6.07) is 3.47. The molecule has 0 unspecified atom stereocenters. The van der Waals surface area contributed by atoms with Crippen LogP contribution in [0.3, 0.4) is 0 Å². The van der Waals surface area contributed by atoms with E-state index in [0.717, 1.165) is 23.9 Å². The predicted octanol–water partition coefficient (Wildman–Crippen LogP) is 4.13. The SMILES string of the molecule is CNCCCCOc1cc(Cl)c(Br)cc1Cl. The molecular formula is C11H14BrCl2NO. The quantitative estimate of drug-likeness (QED) is 0.626. The van der Waals surface area contributed by atoms with Crippen molar-refractivity contribution in [3.05, 3.63) is 26.7 Å². The van der Waals surface area contributed by atoms with Crippen LogP contribution in [-0.2, 0) is 0 Å². The van der Waals surface area contributed by atoms with Crippen LogP contribution in [0.4, 0.5) is 0 Å². The van der Waals surface area contributed by atoms with Gasteiger partial charge < -0.3 is 10.1 Å². The summed E-state index contributed by atoms with van der Waals surface area (Å²) in [5, 5.41) is 4.27. The van der Waals surface area contributed by atoms with Crippen molar-refractivity contribution in [2.45, 2.75) is 12.8 Å². The van der Waals surface area contributed by atoms with E-state index in [4.69, 9.17) is 27.9 Å². The number of benzene rings is 1. The second kappa shape index (κ2) is 7.38. The lowest BCUT2D eigenvalue weighted by atomic mass is 10.3. The molecule has 1 aromatic rings. The first-order valence-corrected chi connectivity index (χ1v) is 6.62. The van der Waals surface area contributed by atoms with E-state index in [2.05, 4.69) is 21.2 Å². The van der Waals surface area contributed by atoms with Gasteiger partial charge >= 0.3 is 0 Å². The fourth-order valence-corrected chi connectivity index (χ4v) is 2.05. The lowest BCUT2D eigenvalue weighted by molar-refractivity contribution is 0.306. The van der Waals surface area contributed by atoms with E-state index in [9.17, 15) is 0 Å². The fourth-order valence-electron chi connectivity index (χ4n) is 1.20. The Balaban J connectivity index is 2.45. The van der Waals surface area contributed by atoms with Gasteiger partial charge in [-0.15, -0.1) is 0 Å². The van der Waals surface area contributed by atoms with E-state index in [1.165, 1.54) is 0 Å². The summed E-state index contributed by atoms with van der Waals surface area (Å²) in [5.74, 6) is 0.638. The zero-order chi connectivity index (χ0) is 12.0. The van der Waals surface area contributed by atoms with Crippen LogP contribution in [-0.4, -0.2) is 20.2 Å². The summed E-state index contributed by atoms with van der Waals surface area (Å²) in [7, 11) is 1.94. The van der Waals surface area contributed by atoms with E-state index >= 15 is 0 Å². The van der Waals surface area contributed by atoms with Gasteiger partial charge in [-0.25, -0.2) is 0 Å². The van der Waals surface area contributed by atoms with Crippen molar-refractivity contribution in [1.82, 2.24) is 5.32 Å². The first kappa shape index (κ1) is 14.1. The number of hydrogen-bond donors (Lipinski definition) is 1. The minimum Gasteiger partial charge on any atom is -0.492 e. The molecular weight excluding hydrogens is 313 g/mol. The maximum Gasteiger partial charge on any atom is 0.139 e. The molecule has 0 atom stereocenters. The highest BCUT2D eigenvalue weighted by Gasteiger charge is 2.06. The molecule has 1 rings (SSSR count). The highest BCUT2D eigenvalue weighted by Crippen LogP contribution is 2.34. The first-order valence-electron chi connectivity index (χ1n) is 5.07. The topological polar surface area (TPSA) is 21.3 Å². The molecule has 0 aromatic heterocycles. The van der Waals surface area contributed by atoms with Gasteiger partial charge in [-0.2, -0.15) is 0 Å². The summed E-state index contributed by atoms with van der Waals surface area (Å²) in [6.07, 6.45) is 2.07. The Kier molecular flexibility index (Phi) is 6.51. The molecule has 0 heterocycles. The van der Waals surface area contributed by atoms with E-state index in [1.54, 1.807) is 12.1 Å². The largest absolute Gasteiger partial charge is 0.492 e. The van der Waals surface area contributed by atoms with Gasteiger partial charge in [-0.3, -0.25) is 0 Å². The van der Waals surface area contributed by atoms with Crippen molar-refractivity contribution in [3.8, 4) is 5.75 Å². The Bertz CT molecular complexity index is 347. The molecule has 0 saturated heterocycles. The standard InChI is InChI=1S/C11H14BrCl2NO/c1-15-4-2-3-5-16-11-7-9(13)8(12)6-10(11)14/h6-7,15H,2-5H2,1H3. The van der Waals surface area contributed by atoms with Crippen molar-refractivity contribution >= 4 is 39.1 Å². The average Bonchev–Trinajstić information content (AvgIpc) is 2.25. The number of hydrogen-bond acceptors (Lipinski definition) is 2. The molecule has 16 heavy (non-hydrogen) atoms. The van der Waals surface area contributed by atoms with Crippen LogP contribution in [0.1, 0.15) is 12.8 Å². The van der Waals surface area contributed by atoms with Gasteiger partial charge in [0, 0.05) is 10.5 Å². The monoisotopic (exact) mass is 325 g/mol. The Labute approximate surface area is 114 Å². The summed E-state index contributed by atoms with van der Waals surface area (Å²) < 4.78 is 6.33. The molecule has 0 aliphatic rings. The maximum absolute atomic E-state index is 6.02. The Hall–Kier alpha value is 0.0400. The second-order valence-electron chi connectivity index (χ2n) is 3.36. The minimum atomic E-state index is 0.574. The smallest absolute Gasteiger partial charge is 0.139 e. The van der Waals surface area contributed by atoms with Gasteiger partial charge in [0.05, 0.1) is 16.7 Å². The van der Waals surface area contributed by atoms with Crippen molar-refractivity contribution in [1.29, 1.82) is 0 Å².